The molecule has 0 bridgehead atoms. The third kappa shape index (κ3) is 5.66. The van der Waals surface area contributed by atoms with E-state index in [4.69, 9.17) is 9.47 Å². The van der Waals surface area contributed by atoms with Crippen LogP contribution in [0.1, 0.15) is 14.8 Å². The fourth-order valence-electron chi connectivity index (χ4n) is 2.31. The van der Waals surface area contributed by atoms with Gasteiger partial charge >= 0.3 is 6.03 Å². The number of hydrogen-bond donors (Lipinski definition) is 3. The predicted molar refractivity (Wildman–Crippen MR) is 110 cm³/mol. The normalized spacial score (nSPS) is 10.1. The summed E-state index contributed by atoms with van der Waals surface area (Å²) in [6.07, 6.45) is 0. The molecule has 1 heterocycles. The van der Waals surface area contributed by atoms with Crippen LogP contribution >= 0.6 is 11.3 Å². The highest BCUT2D eigenvalue weighted by atomic mass is 32.1. The van der Waals surface area contributed by atoms with Crippen molar-refractivity contribution in [1.82, 2.24) is 15.5 Å². The Morgan fingerprint density at radius 3 is 2.41 bits per heavy atom. The van der Waals surface area contributed by atoms with Crippen LogP contribution in [0.4, 0.5) is 16.2 Å². The number of carbonyl (C=O) groups excluding carboxylic acids is 2. The fraction of sp³-hybridized carbons (Fsp3) is 0.158. The Labute approximate surface area is 171 Å². The van der Waals surface area contributed by atoms with Gasteiger partial charge in [0, 0.05) is 17.4 Å². The van der Waals surface area contributed by atoms with Gasteiger partial charge in [0.05, 0.1) is 20.8 Å². The standard InChI is InChI=1S/C19H19N5O4S/c1-27-14-8-6-12(7-9-14)21-17(25)18-24-23-16(29-18)11-20-19(26)22-13-4-3-5-15(10-13)28-2/h3-10H,11H2,1-2H3,(H,21,25)(H2,20,22,26). The first-order valence-electron chi connectivity index (χ1n) is 8.54. The molecule has 0 fully saturated rings. The number of aromatic nitrogens is 2. The lowest BCUT2D eigenvalue weighted by molar-refractivity contribution is 0.102. The SMILES string of the molecule is COc1ccc(NC(=O)c2nnc(CNC(=O)Nc3cccc(OC)c3)s2)cc1. The lowest BCUT2D eigenvalue weighted by Crippen LogP contribution is -2.28. The number of benzene rings is 2. The first kappa shape index (κ1) is 20.1. The van der Waals surface area contributed by atoms with Gasteiger partial charge in [-0.05, 0) is 36.4 Å². The molecule has 1 aromatic heterocycles. The average molecular weight is 413 g/mol. The Bertz CT molecular complexity index is 990. The van der Waals surface area contributed by atoms with Crippen molar-refractivity contribution in [3.8, 4) is 11.5 Å². The largest absolute Gasteiger partial charge is 0.497 e. The van der Waals surface area contributed by atoms with E-state index in [1.54, 1.807) is 62.8 Å². The molecule has 3 N–H and O–H groups in total. The van der Waals surface area contributed by atoms with E-state index in [2.05, 4.69) is 26.1 Å². The summed E-state index contributed by atoms with van der Waals surface area (Å²) in [5.74, 6) is 0.957. The van der Waals surface area contributed by atoms with Gasteiger partial charge in [0.15, 0.2) is 0 Å². The third-order valence-electron chi connectivity index (χ3n) is 3.74. The topological polar surface area (TPSA) is 114 Å². The van der Waals surface area contributed by atoms with Crippen molar-refractivity contribution in [2.45, 2.75) is 6.54 Å². The van der Waals surface area contributed by atoms with E-state index < -0.39 is 6.03 Å². The Balaban J connectivity index is 1.51. The minimum atomic E-state index is -0.405. The number of urea groups is 1. The summed E-state index contributed by atoms with van der Waals surface area (Å²) < 4.78 is 10.2. The van der Waals surface area contributed by atoms with Crippen LogP contribution in [0.3, 0.4) is 0 Å². The van der Waals surface area contributed by atoms with E-state index in [9.17, 15) is 9.59 Å². The molecule has 2 aromatic carbocycles. The summed E-state index contributed by atoms with van der Waals surface area (Å²) >= 11 is 1.10. The maximum atomic E-state index is 12.3. The number of hydrogen-bond acceptors (Lipinski definition) is 7. The zero-order valence-electron chi connectivity index (χ0n) is 15.8. The van der Waals surface area contributed by atoms with Gasteiger partial charge in [-0.15, -0.1) is 10.2 Å². The van der Waals surface area contributed by atoms with Gasteiger partial charge in [-0.2, -0.15) is 0 Å². The molecule has 0 atom stereocenters. The maximum Gasteiger partial charge on any atom is 0.319 e. The first-order chi connectivity index (χ1) is 14.1. The summed E-state index contributed by atoms with van der Waals surface area (Å²) in [5, 5.41) is 16.6. The van der Waals surface area contributed by atoms with Gasteiger partial charge in [-0.3, -0.25) is 4.79 Å². The third-order valence-corrected chi connectivity index (χ3v) is 4.66. The molecular weight excluding hydrogens is 394 g/mol. The van der Waals surface area contributed by atoms with Crippen LogP contribution in [0, 0.1) is 0 Å². The number of carbonyl (C=O) groups is 2. The van der Waals surface area contributed by atoms with Crippen molar-refractivity contribution in [1.29, 1.82) is 0 Å². The number of amides is 3. The number of anilines is 2. The van der Waals surface area contributed by atoms with E-state index in [0.29, 0.717) is 27.9 Å². The molecule has 3 aromatic rings. The summed E-state index contributed by atoms with van der Waals surface area (Å²) in [4.78, 5) is 24.3. The minimum absolute atomic E-state index is 0.142. The van der Waals surface area contributed by atoms with Gasteiger partial charge in [-0.25, -0.2) is 4.79 Å². The first-order valence-corrected chi connectivity index (χ1v) is 9.35. The van der Waals surface area contributed by atoms with Crippen LogP contribution in [-0.2, 0) is 6.54 Å². The number of methoxy groups -OCH3 is 2. The van der Waals surface area contributed by atoms with Gasteiger partial charge in [-0.1, -0.05) is 17.4 Å². The van der Waals surface area contributed by atoms with Crippen LogP contribution < -0.4 is 25.4 Å². The average Bonchev–Trinajstić information content (AvgIpc) is 3.22. The van der Waals surface area contributed by atoms with E-state index in [1.807, 2.05) is 0 Å². The number of nitrogens with one attached hydrogen (secondary N) is 3. The van der Waals surface area contributed by atoms with E-state index in [0.717, 1.165) is 11.3 Å². The van der Waals surface area contributed by atoms with Crippen LogP contribution in [0.5, 0.6) is 11.5 Å². The summed E-state index contributed by atoms with van der Waals surface area (Å²) in [5.41, 5.74) is 1.21. The molecule has 0 spiro atoms. The van der Waals surface area contributed by atoms with Gasteiger partial charge in [0.1, 0.15) is 16.5 Å². The second-order valence-corrected chi connectivity index (χ2v) is 6.79. The molecule has 29 heavy (non-hydrogen) atoms. The van der Waals surface area contributed by atoms with Gasteiger partial charge < -0.3 is 25.4 Å². The summed E-state index contributed by atoms with van der Waals surface area (Å²) in [6, 6.07) is 13.5. The highest BCUT2D eigenvalue weighted by molar-refractivity contribution is 7.13. The van der Waals surface area contributed by atoms with E-state index in [1.165, 1.54) is 0 Å². The lowest BCUT2D eigenvalue weighted by atomic mass is 10.3. The van der Waals surface area contributed by atoms with Crippen LogP contribution in [-0.4, -0.2) is 36.4 Å². The molecule has 0 aliphatic heterocycles. The molecule has 150 valence electrons. The van der Waals surface area contributed by atoms with Crippen molar-refractivity contribution >= 4 is 34.6 Å². The Kier molecular flexibility index (Phi) is 6.59. The van der Waals surface area contributed by atoms with Crippen molar-refractivity contribution in [3.63, 3.8) is 0 Å². The quantitative estimate of drug-likeness (QED) is 0.548. The second kappa shape index (κ2) is 9.51. The van der Waals surface area contributed by atoms with Crippen molar-refractivity contribution in [2.24, 2.45) is 0 Å². The Hall–Kier alpha value is -3.66. The maximum absolute atomic E-state index is 12.3. The van der Waals surface area contributed by atoms with Crippen LogP contribution in [0.15, 0.2) is 48.5 Å². The number of rotatable bonds is 7. The summed E-state index contributed by atoms with van der Waals surface area (Å²) in [6.45, 7) is 0.142. The number of ether oxygens (including phenoxy) is 2. The lowest BCUT2D eigenvalue weighted by Gasteiger charge is -2.07. The summed E-state index contributed by atoms with van der Waals surface area (Å²) in [7, 11) is 3.12. The molecular formula is C19H19N5O4S. The fourth-order valence-corrected chi connectivity index (χ4v) is 2.98. The molecule has 3 rings (SSSR count). The monoisotopic (exact) mass is 413 g/mol. The Morgan fingerprint density at radius 2 is 1.69 bits per heavy atom. The highest BCUT2D eigenvalue weighted by Gasteiger charge is 2.14. The molecule has 3 amide bonds. The molecule has 0 unspecified atom stereocenters. The molecule has 0 saturated carbocycles. The second-order valence-electron chi connectivity index (χ2n) is 5.72. The van der Waals surface area contributed by atoms with Crippen molar-refractivity contribution in [3.05, 3.63) is 58.5 Å². The Morgan fingerprint density at radius 1 is 0.931 bits per heavy atom. The highest BCUT2D eigenvalue weighted by Crippen LogP contribution is 2.18. The van der Waals surface area contributed by atoms with E-state index >= 15 is 0 Å². The predicted octanol–water partition coefficient (Wildman–Crippen LogP) is 3.13. The van der Waals surface area contributed by atoms with Crippen molar-refractivity contribution in [2.75, 3.05) is 24.9 Å². The number of nitrogens with zero attached hydrogens (tertiary/aromatic N) is 2. The van der Waals surface area contributed by atoms with Crippen LogP contribution in [0.25, 0.3) is 0 Å². The minimum Gasteiger partial charge on any atom is -0.497 e. The smallest absolute Gasteiger partial charge is 0.319 e. The van der Waals surface area contributed by atoms with Gasteiger partial charge in [0.25, 0.3) is 5.91 Å². The van der Waals surface area contributed by atoms with Crippen molar-refractivity contribution < 1.29 is 19.1 Å². The van der Waals surface area contributed by atoms with Gasteiger partial charge in [0.2, 0.25) is 5.01 Å². The molecule has 10 heteroatoms. The molecule has 0 radical (unpaired) electrons. The molecule has 0 aliphatic rings. The molecule has 9 nitrogen and oxygen atoms in total. The molecule has 0 aliphatic carbocycles. The van der Waals surface area contributed by atoms with E-state index in [-0.39, 0.29) is 17.5 Å². The van der Waals surface area contributed by atoms with Crippen LogP contribution in [0.2, 0.25) is 0 Å². The molecule has 0 saturated heterocycles. The zero-order chi connectivity index (χ0) is 20.6. The zero-order valence-corrected chi connectivity index (χ0v) is 16.6.